The molecule has 2 aromatic rings. The summed E-state index contributed by atoms with van der Waals surface area (Å²) in [5.74, 6) is -1.69. The molecule has 11 heteroatoms. The number of ether oxygens (including phenoxy) is 3. The minimum Gasteiger partial charge on any atom is -0.481 e. The van der Waals surface area contributed by atoms with Crippen molar-refractivity contribution in [1.82, 2.24) is 9.97 Å². The lowest BCUT2D eigenvalue weighted by Gasteiger charge is -2.30. The molecule has 0 fully saturated rings. The molecular weight excluding hydrogens is 469 g/mol. The fourth-order valence-electron chi connectivity index (χ4n) is 3.67. The van der Waals surface area contributed by atoms with Crippen molar-refractivity contribution in [2.24, 2.45) is 17.6 Å². The number of nitrogens with two attached hydrogens (primary N) is 1. The van der Waals surface area contributed by atoms with Gasteiger partial charge in [0.2, 0.25) is 11.8 Å². The van der Waals surface area contributed by atoms with Crippen molar-refractivity contribution in [1.29, 1.82) is 0 Å². The van der Waals surface area contributed by atoms with Crippen LogP contribution in [0, 0.1) is 17.7 Å². The summed E-state index contributed by atoms with van der Waals surface area (Å²) in [6.07, 6.45) is 0.135. The first-order chi connectivity index (χ1) is 16.7. The van der Waals surface area contributed by atoms with Gasteiger partial charge in [-0.1, -0.05) is 20.8 Å². The molecule has 0 spiro atoms. The summed E-state index contributed by atoms with van der Waals surface area (Å²) < 4.78 is 30.8. The fraction of sp³-hybridized carbons (Fsp3) is 0.520. The minimum atomic E-state index is -0.859. The number of hydrogen-bond acceptors (Lipinski definition) is 9. The van der Waals surface area contributed by atoms with E-state index in [1.807, 2.05) is 20.8 Å². The van der Waals surface area contributed by atoms with Gasteiger partial charge in [0.25, 0.3) is 5.91 Å². The van der Waals surface area contributed by atoms with E-state index < -0.39 is 17.3 Å². The summed E-state index contributed by atoms with van der Waals surface area (Å²) in [6, 6.07) is 3.81. The number of carbonyl (C=O) groups is 2. The van der Waals surface area contributed by atoms with E-state index in [1.54, 1.807) is 32.9 Å². The van der Waals surface area contributed by atoms with E-state index in [0.29, 0.717) is 5.69 Å². The number of aromatic nitrogens is 2. The molecule has 0 unspecified atom stereocenters. The average molecular weight is 506 g/mol. The molecule has 0 aliphatic rings. The predicted molar refractivity (Wildman–Crippen MR) is 135 cm³/mol. The molecule has 0 aliphatic carbocycles. The Hall–Kier alpha value is -3.63. The van der Waals surface area contributed by atoms with Gasteiger partial charge in [0, 0.05) is 18.2 Å². The number of primary amides is 1. The van der Waals surface area contributed by atoms with Gasteiger partial charge in [0.05, 0.1) is 31.9 Å². The zero-order valence-corrected chi connectivity index (χ0v) is 22.1. The molecule has 36 heavy (non-hydrogen) atoms. The van der Waals surface area contributed by atoms with E-state index in [9.17, 15) is 9.59 Å². The van der Waals surface area contributed by atoms with E-state index in [1.165, 1.54) is 14.2 Å². The molecule has 1 amide bonds. The molecule has 2 heterocycles. The van der Waals surface area contributed by atoms with Crippen molar-refractivity contribution in [3.63, 3.8) is 0 Å². The third kappa shape index (κ3) is 7.96. The highest BCUT2D eigenvalue weighted by molar-refractivity contribution is 5.98. The summed E-state index contributed by atoms with van der Waals surface area (Å²) in [4.78, 5) is 32.9. The van der Waals surface area contributed by atoms with Crippen LogP contribution < -0.4 is 25.8 Å². The van der Waals surface area contributed by atoms with Crippen molar-refractivity contribution in [2.45, 2.75) is 59.6 Å². The van der Waals surface area contributed by atoms with E-state index in [0.717, 1.165) is 6.07 Å². The number of halogens is 1. The maximum absolute atomic E-state index is 15.0. The Morgan fingerprint density at radius 2 is 1.61 bits per heavy atom. The van der Waals surface area contributed by atoms with Gasteiger partial charge in [-0.25, -0.2) is 9.37 Å². The third-order valence-corrected chi connectivity index (χ3v) is 5.24. The highest BCUT2D eigenvalue weighted by Gasteiger charge is 2.28. The molecule has 2 atom stereocenters. The predicted octanol–water partition coefficient (Wildman–Crippen LogP) is 4.28. The SMILES string of the molecule is COc1cc(Nc2nc(N[C@H](C(C)C)[C@H](C)CC(=O)OC(C)(C)C)c(F)cc2C(N)=O)cc(OC)n1. The van der Waals surface area contributed by atoms with Gasteiger partial charge in [0.15, 0.2) is 11.6 Å². The van der Waals surface area contributed by atoms with Gasteiger partial charge < -0.3 is 30.6 Å². The zero-order valence-electron chi connectivity index (χ0n) is 22.1. The van der Waals surface area contributed by atoms with Crippen LogP contribution in [-0.2, 0) is 9.53 Å². The maximum Gasteiger partial charge on any atom is 0.306 e. The normalized spacial score (nSPS) is 13.1. The molecule has 0 radical (unpaired) electrons. The summed E-state index contributed by atoms with van der Waals surface area (Å²) in [5.41, 5.74) is 5.17. The Balaban J connectivity index is 2.39. The zero-order chi connectivity index (χ0) is 27.2. The van der Waals surface area contributed by atoms with E-state index in [-0.39, 0.29) is 59.2 Å². The Morgan fingerprint density at radius 1 is 1.03 bits per heavy atom. The van der Waals surface area contributed by atoms with Crippen LogP contribution in [-0.4, -0.2) is 47.7 Å². The second-order valence-corrected chi connectivity index (χ2v) is 9.83. The first kappa shape index (κ1) is 28.6. The average Bonchev–Trinajstić information content (AvgIpc) is 2.76. The first-order valence-electron chi connectivity index (χ1n) is 11.6. The van der Waals surface area contributed by atoms with Crippen LogP contribution >= 0.6 is 0 Å². The number of carbonyl (C=O) groups excluding carboxylic acids is 2. The van der Waals surface area contributed by atoms with Gasteiger partial charge in [-0.3, -0.25) is 9.59 Å². The van der Waals surface area contributed by atoms with Crippen molar-refractivity contribution in [3.05, 3.63) is 29.6 Å². The fourth-order valence-corrected chi connectivity index (χ4v) is 3.67. The number of hydrogen-bond donors (Lipinski definition) is 3. The third-order valence-electron chi connectivity index (χ3n) is 5.24. The van der Waals surface area contributed by atoms with Crippen molar-refractivity contribution >= 4 is 29.2 Å². The van der Waals surface area contributed by atoms with Gasteiger partial charge in [0.1, 0.15) is 11.4 Å². The monoisotopic (exact) mass is 505 g/mol. The highest BCUT2D eigenvalue weighted by atomic mass is 19.1. The topological polar surface area (TPSA) is 138 Å². The number of methoxy groups -OCH3 is 2. The van der Waals surface area contributed by atoms with Crippen LogP contribution in [0.4, 0.5) is 21.7 Å². The second kappa shape index (κ2) is 11.9. The van der Waals surface area contributed by atoms with Crippen molar-refractivity contribution in [3.8, 4) is 11.8 Å². The summed E-state index contributed by atoms with van der Waals surface area (Å²) in [7, 11) is 2.89. The summed E-state index contributed by atoms with van der Waals surface area (Å²) in [5, 5.41) is 6.07. The lowest BCUT2D eigenvalue weighted by molar-refractivity contribution is -0.156. The Bertz CT molecular complexity index is 1060. The molecule has 0 aliphatic heterocycles. The molecule has 0 saturated carbocycles. The molecule has 198 valence electrons. The van der Waals surface area contributed by atoms with E-state index >= 15 is 4.39 Å². The Morgan fingerprint density at radius 3 is 2.08 bits per heavy atom. The molecule has 2 aromatic heterocycles. The van der Waals surface area contributed by atoms with E-state index in [4.69, 9.17) is 19.9 Å². The van der Waals surface area contributed by atoms with Crippen LogP contribution in [0.1, 0.15) is 58.3 Å². The van der Waals surface area contributed by atoms with Gasteiger partial charge >= 0.3 is 5.97 Å². The Kier molecular flexibility index (Phi) is 9.43. The first-order valence-corrected chi connectivity index (χ1v) is 11.6. The van der Waals surface area contributed by atoms with Gasteiger partial charge in [-0.2, -0.15) is 4.98 Å². The summed E-state index contributed by atoms with van der Waals surface area (Å²) in [6.45, 7) is 11.2. The van der Waals surface area contributed by atoms with Crippen LogP contribution in [0.2, 0.25) is 0 Å². The van der Waals surface area contributed by atoms with E-state index in [2.05, 4.69) is 20.6 Å². The molecule has 2 rings (SSSR count). The van der Waals surface area contributed by atoms with Crippen molar-refractivity contribution < 1.29 is 28.2 Å². The number of rotatable bonds is 11. The lowest BCUT2D eigenvalue weighted by Crippen LogP contribution is -2.36. The molecular formula is C25H36FN5O5. The van der Waals surface area contributed by atoms with Gasteiger partial charge in [-0.05, 0) is 38.7 Å². The summed E-state index contributed by atoms with van der Waals surface area (Å²) >= 11 is 0. The van der Waals surface area contributed by atoms with Gasteiger partial charge in [-0.15, -0.1) is 0 Å². The smallest absolute Gasteiger partial charge is 0.306 e. The van der Waals surface area contributed by atoms with Crippen LogP contribution in [0.15, 0.2) is 18.2 Å². The second-order valence-electron chi connectivity index (χ2n) is 9.83. The maximum atomic E-state index is 15.0. The number of nitrogens with zero attached hydrogens (tertiary/aromatic N) is 2. The largest absolute Gasteiger partial charge is 0.481 e. The molecule has 10 nitrogen and oxygen atoms in total. The number of anilines is 3. The molecule has 0 aromatic carbocycles. The van der Waals surface area contributed by atoms with Crippen molar-refractivity contribution in [2.75, 3.05) is 24.9 Å². The number of amides is 1. The lowest BCUT2D eigenvalue weighted by atomic mass is 9.89. The Labute approximate surface area is 211 Å². The number of esters is 1. The standard InChI is InChI=1S/C25H36FN5O5/c1-13(2)21(14(3)9-20(32)36-25(4,5)6)30-24-17(26)12-16(22(27)33)23(31-24)28-15-10-18(34-7)29-19(11-15)35-8/h10-14,21H,9H2,1-8H3,(H2,27,33)(H2,28,29,30,31)/t14-,21-/m1/s1. The minimum absolute atomic E-state index is 0.0181. The van der Waals surface area contributed by atoms with Crippen LogP contribution in [0.3, 0.4) is 0 Å². The molecule has 4 N–H and O–H groups in total. The molecule has 0 saturated heterocycles. The highest BCUT2D eigenvalue weighted by Crippen LogP contribution is 2.29. The number of nitrogens with one attached hydrogen (secondary N) is 2. The van der Waals surface area contributed by atoms with Crippen LogP contribution in [0.25, 0.3) is 0 Å². The van der Waals surface area contributed by atoms with Crippen LogP contribution in [0.5, 0.6) is 11.8 Å². The quantitative estimate of drug-likeness (QED) is 0.382. The number of pyridine rings is 2. The molecule has 0 bridgehead atoms.